The largest absolute Gasteiger partial charge is 0.397 e. The predicted octanol–water partition coefficient (Wildman–Crippen LogP) is 2.55. The number of nitrogens with two attached hydrogens (primary N) is 2. The van der Waals surface area contributed by atoms with Crippen LogP contribution in [-0.2, 0) is 0 Å². The number of rotatable bonds is 0. The molecule has 0 radical (unpaired) electrons. The molecule has 0 saturated heterocycles. The molecule has 4 heteroatoms. The van der Waals surface area contributed by atoms with Gasteiger partial charge in [-0.25, -0.2) is 4.98 Å². The molecule has 0 aliphatic carbocycles. The number of hydrogen-bond acceptors (Lipinski definition) is 4. The van der Waals surface area contributed by atoms with E-state index >= 15 is 0 Å². The van der Waals surface area contributed by atoms with Crippen LogP contribution in [0.4, 0.5) is 11.4 Å². The summed E-state index contributed by atoms with van der Waals surface area (Å²) in [6.07, 6.45) is 0. The molecule has 0 unspecified atom stereocenters. The molecule has 19 heavy (non-hydrogen) atoms. The molecule has 0 spiro atoms. The van der Waals surface area contributed by atoms with Gasteiger partial charge in [0.1, 0.15) is 0 Å². The van der Waals surface area contributed by atoms with Gasteiger partial charge in [-0.05, 0) is 31.2 Å². The van der Waals surface area contributed by atoms with Crippen molar-refractivity contribution >= 4 is 33.2 Å². The molecule has 3 rings (SSSR count). The Morgan fingerprint density at radius 3 is 2.47 bits per heavy atom. The van der Waals surface area contributed by atoms with Crippen LogP contribution in [0.2, 0.25) is 0 Å². The lowest BCUT2D eigenvalue weighted by Gasteiger charge is -2.06. The van der Waals surface area contributed by atoms with Gasteiger partial charge in [0.25, 0.3) is 0 Å². The van der Waals surface area contributed by atoms with Gasteiger partial charge in [-0.1, -0.05) is 18.2 Å². The fourth-order valence-corrected chi connectivity index (χ4v) is 1.89. The van der Waals surface area contributed by atoms with Crippen molar-refractivity contribution in [3.05, 3.63) is 42.5 Å². The topological polar surface area (TPSA) is 85.2 Å². The van der Waals surface area contributed by atoms with Crippen LogP contribution in [0, 0.1) is 0 Å². The second-order valence-corrected chi connectivity index (χ2v) is 4.13. The van der Waals surface area contributed by atoms with Crippen LogP contribution in [0.5, 0.6) is 0 Å². The second-order valence-electron chi connectivity index (χ2n) is 4.13. The summed E-state index contributed by atoms with van der Waals surface area (Å²) in [4.78, 5) is 4.54. The van der Waals surface area contributed by atoms with Crippen molar-refractivity contribution in [1.29, 1.82) is 0 Å². The molecule has 0 bridgehead atoms. The van der Waals surface area contributed by atoms with Crippen molar-refractivity contribution in [2.24, 2.45) is 0 Å². The van der Waals surface area contributed by atoms with Gasteiger partial charge in [-0.15, -0.1) is 0 Å². The summed E-state index contributed by atoms with van der Waals surface area (Å²) >= 11 is 0. The van der Waals surface area contributed by atoms with Gasteiger partial charge < -0.3 is 16.6 Å². The first-order valence-corrected chi connectivity index (χ1v) is 6.11. The average molecular weight is 255 g/mol. The molecule has 0 amide bonds. The lowest BCUT2D eigenvalue weighted by Crippen LogP contribution is -1.96. The van der Waals surface area contributed by atoms with Gasteiger partial charge in [-0.2, -0.15) is 0 Å². The highest BCUT2D eigenvalue weighted by molar-refractivity contribution is 6.02. The zero-order valence-corrected chi connectivity index (χ0v) is 10.8. The number of aliphatic hydroxyl groups is 1. The second kappa shape index (κ2) is 5.54. The molecule has 0 fully saturated rings. The molecule has 2 aromatic carbocycles. The molecule has 1 aromatic heterocycles. The molecular formula is C15H17N3O. The number of hydrogen-bond donors (Lipinski definition) is 3. The lowest BCUT2D eigenvalue weighted by molar-refractivity contribution is 0.318. The standard InChI is InChI=1S/C13H11N3.C2H6O/c14-10-5-6-12-9(13(10)15)7-8-3-1-2-4-11(8)16-12;1-2-3/h1-7H,14-15H2;3H,2H2,1H3. The molecule has 0 aliphatic heterocycles. The Morgan fingerprint density at radius 1 is 1.05 bits per heavy atom. The fourth-order valence-electron chi connectivity index (χ4n) is 1.89. The normalized spacial score (nSPS) is 10.2. The Bertz CT molecular complexity index is 710. The van der Waals surface area contributed by atoms with Gasteiger partial charge in [0.2, 0.25) is 0 Å². The van der Waals surface area contributed by atoms with Crippen LogP contribution in [0.25, 0.3) is 21.8 Å². The molecule has 3 aromatic rings. The van der Waals surface area contributed by atoms with Crippen LogP contribution in [0.15, 0.2) is 42.5 Å². The van der Waals surface area contributed by atoms with Crippen LogP contribution >= 0.6 is 0 Å². The summed E-state index contributed by atoms with van der Waals surface area (Å²) in [7, 11) is 0. The molecule has 5 N–H and O–H groups in total. The third-order valence-corrected chi connectivity index (χ3v) is 2.78. The van der Waals surface area contributed by atoms with E-state index in [1.165, 1.54) is 0 Å². The minimum absolute atomic E-state index is 0.250. The first-order valence-electron chi connectivity index (χ1n) is 6.11. The van der Waals surface area contributed by atoms with Gasteiger partial charge in [0.05, 0.1) is 22.4 Å². The Balaban J connectivity index is 0.000000408. The smallest absolute Gasteiger partial charge is 0.0731 e. The van der Waals surface area contributed by atoms with E-state index in [0.717, 1.165) is 21.8 Å². The highest BCUT2D eigenvalue weighted by Gasteiger charge is 2.04. The Labute approximate surface area is 111 Å². The number of para-hydroxylation sites is 1. The van der Waals surface area contributed by atoms with E-state index in [0.29, 0.717) is 11.4 Å². The van der Waals surface area contributed by atoms with Crippen LogP contribution in [-0.4, -0.2) is 16.7 Å². The third-order valence-electron chi connectivity index (χ3n) is 2.78. The molecule has 0 atom stereocenters. The van der Waals surface area contributed by atoms with E-state index in [-0.39, 0.29) is 6.61 Å². The van der Waals surface area contributed by atoms with Gasteiger partial charge in [0.15, 0.2) is 0 Å². The average Bonchev–Trinajstić information content (AvgIpc) is 2.42. The maximum Gasteiger partial charge on any atom is 0.0731 e. The van der Waals surface area contributed by atoms with Crippen molar-refractivity contribution in [2.75, 3.05) is 18.1 Å². The van der Waals surface area contributed by atoms with Crippen molar-refractivity contribution in [3.63, 3.8) is 0 Å². The van der Waals surface area contributed by atoms with Crippen LogP contribution in [0.3, 0.4) is 0 Å². The van der Waals surface area contributed by atoms with Crippen LogP contribution in [0.1, 0.15) is 6.92 Å². The Hall–Kier alpha value is -2.33. The molecule has 4 nitrogen and oxygen atoms in total. The van der Waals surface area contributed by atoms with E-state index in [1.54, 1.807) is 13.0 Å². The van der Waals surface area contributed by atoms with Crippen LogP contribution < -0.4 is 11.5 Å². The van der Waals surface area contributed by atoms with E-state index in [2.05, 4.69) is 4.98 Å². The van der Waals surface area contributed by atoms with E-state index in [1.807, 2.05) is 36.4 Å². The number of nitrogens with zero attached hydrogens (tertiary/aromatic N) is 1. The quantitative estimate of drug-likeness (QED) is 0.425. The lowest BCUT2D eigenvalue weighted by atomic mass is 10.1. The minimum Gasteiger partial charge on any atom is -0.397 e. The number of benzene rings is 2. The summed E-state index contributed by atoms with van der Waals surface area (Å²) < 4.78 is 0. The number of pyridine rings is 1. The molecule has 0 aliphatic rings. The highest BCUT2D eigenvalue weighted by Crippen LogP contribution is 2.28. The number of fused-ring (bicyclic) bond motifs is 2. The highest BCUT2D eigenvalue weighted by atomic mass is 16.2. The van der Waals surface area contributed by atoms with E-state index in [9.17, 15) is 0 Å². The molecular weight excluding hydrogens is 238 g/mol. The first kappa shape index (κ1) is 13.1. The Morgan fingerprint density at radius 2 is 1.74 bits per heavy atom. The van der Waals surface area contributed by atoms with Gasteiger partial charge >= 0.3 is 0 Å². The summed E-state index contributed by atoms with van der Waals surface area (Å²) in [5.74, 6) is 0. The van der Waals surface area contributed by atoms with Crippen molar-refractivity contribution in [2.45, 2.75) is 6.92 Å². The fraction of sp³-hybridized carbons (Fsp3) is 0.133. The van der Waals surface area contributed by atoms with Gasteiger partial charge in [-0.3, -0.25) is 0 Å². The van der Waals surface area contributed by atoms with Crippen molar-refractivity contribution in [3.8, 4) is 0 Å². The summed E-state index contributed by atoms with van der Waals surface area (Å²) in [6.45, 7) is 1.93. The monoisotopic (exact) mass is 255 g/mol. The maximum atomic E-state index is 7.57. The first-order chi connectivity index (χ1) is 9.17. The SMILES string of the molecule is CCO.Nc1ccc2nc3ccccc3cc2c1N. The number of aliphatic hydroxyl groups excluding tert-OH is 1. The number of anilines is 2. The summed E-state index contributed by atoms with van der Waals surface area (Å²) in [5, 5.41) is 9.56. The zero-order chi connectivity index (χ0) is 13.8. The summed E-state index contributed by atoms with van der Waals surface area (Å²) in [5.41, 5.74) is 14.8. The number of nitrogen functional groups attached to an aromatic ring is 2. The summed E-state index contributed by atoms with van der Waals surface area (Å²) in [6, 6.07) is 13.7. The van der Waals surface area contributed by atoms with Gasteiger partial charge in [0, 0.05) is 17.4 Å². The molecule has 98 valence electrons. The maximum absolute atomic E-state index is 7.57. The van der Waals surface area contributed by atoms with Crippen molar-refractivity contribution in [1.82, 2.24) is 4.98 Å². The molecule has 0 saturated carbocycles. The molecule has 1 heterocycles. The third kappa shape index (κ3) is 2.58. The van der Waals surface area contributed by atoms with Crippen molar-refractivity contribution < 1.29 is 5.11 Å². The predicted molar refractivity (Wildman–Crippen MR) is 80.8 cm³/mol. The number of aromatic nitrogens is 1. The Kier molecular flexibility index (Phi) is 3.82. The zero-order valence-electron chi connectivity index (χ0n) is 10.8. The van der Waals surface area contributed by atoms with E-state index in [4.69, 9.17) is 16.6 Å². The minimum atomic E-state index is 0.250. The van der Waals surface area contributed by atoms with E-state index < -0.39 is 0 Å².